The van der Waals surface area contributed by atoms with E-state index in [1.54, 1.807) is 11.3 Å². The number of benzene rings is 2. The Morgan fingerprint density at radius 3 is 2.76 bits per heavy atom. The fourth-order valence-electron chi connectivity index (χ4n) is 3.49. The predicted octanol–water partition coefficient (Wildman–Crippen LogP) is 5.75. The number of hydrogen-bond donors (Lipinski definition) is 0. The van der Waals surface area contributed by atoms with Crippen molar-refractivity contribution in [1.29, 1.82) is 0 Å². The molecule has 2 aliphatic heterocycles. The zero-order valence-corrected chi connectivity index (χ0v) is 15.7. The number of thiophene rings is 1. The van der Waals surface area contributed by atoms with Crippen molar-refractivity contribution in [2.24, 2.45) is 5.10 Å². The van der Waals surface area contributed by atoms with Gasteiger partial charge in [-0.1, -0.05) is 52.3 Å². The summed E-state index contributed by atoms with van der Waals surface area (Å²) in [5, 5.41) is 9.19. The Balaban J connectivity index is 1.62. The molecule has 1 aromatic heterocycles. The number of nitrogens with zero attached hydrogens (tertiary/aromatic N) is 2. The van der Waals surface area contributed by atoms with Crippen LogP contribution in [0.2, 0.25) is 0 Å². The van der Waals surface area contributed by atoms with E-state index in [4.69, 9.17) is 9.84 Å². The molecular weight excluding hydrogens is 396 g/mol. The number of hydrogen-bond acceptors (Lipinski definition) is 4. The molecule has 2 aliphatic rings. The van der Waals surface area contributed by atoms with E-state index in [1.807, 2.05) is 24.3 Å². The maximum atomic E-state index is 6.35. The second-order valence-electron chi connectivity index (χ2n) is 6.19. The molecule has 5 rings (SSSR count). The fourth-order valence-corrected chi connectivity index (χ4v) is 4.59. The van der Waals surface area contributed by atoms with Crippen LogP contribution in [0.15, 0.2) is 75.6 Å². The molecule has 0 unspecified atom stereocenters. The Kier molecular flexibility index (Phi) is 3.64. The van der Waals surface area contributed by atoms with Crippen LogP contribution in [0.5, 0.6) is 5.75 Å². The summed E-state index contributed by atoms with van der Waals surface area (Å²) < 4.78 is 7.42. The van der Waals surface area contributed by atoms with Crippen LogP contribution in [0.4, 0.5) is 0 Å². The lowest BCUT2D eigenvalue weighted by Crippen LogP contribution is -2.33. The van der Waals surface area contributed by atoms with Crippen LogP contribution in [0.25, 0.3) is 0 Å². The molecule has 0 fully saturated rings. The molecule has 3 aromatic rings. The van der Waals surface area contributed by atoms with Gasteiger partial charge < -0.3 is 4.74 Å². The van der Waals surface area contributed by atoms with E-state index in [9.17, 15) is 0 Å². The van der Waals surface area contributed by atoms with Gasteiger partial charge in [-0.2, -0.15) is 5.10 Å². The summed E-state index contributed by atoms with van der Waals surface area (Å²) in [4.78, 5) is 1.23. The van der Waals surface area contributed by atoms with Crippen molar-refractivity contribution >= 4 is 33.0 Å². The molecule has 0 aliphatic carbocycles. The molecule has 0 saturated heterocycles. The largest absolute Gasteiger partial charge is 0.464 e. The summed E-state index contributed by atoms with van der Waals surface area (Å²) >= 11 is 5.33. The number of fused-ring (bicyclic) bond motifs is 3. The Morgan fingerprint density at radius 2 is 1.96 bits per heavy atom. The molecule has 2 atom stereocenters. The lowest BCUT2D eigenvalue weighted by atomic mass is 9.98. The second-order valence-corrected chi connectivity index (χ2v) is 8.05. The minimum absolute atomic E-state index is 0.197. The third-order valence-corrected chi connectivity index (χ3v) is 6.05. The normalized spacial score (nSPS) is 21.3. The van der Waals surface area contributed by atoms with E-state index in [-0.39, 0.29) is 12.3 Å². The molecule has 0 N–H and O–H groups in total. The third-order valence-electron chi connectivity index (χ3n) is 4.64. The highest BCUT2D eigenvalue weighted by atomic mass is 79.9. The topological polar surface area (TPSA) is 24.8 Å². The monoisotopic (exact) mass is 410 g/mol. The molecule has 0 bridgehead atoms. The van der Waals surface area contributed by atoms with Crippen molar-refractivity contribution in [2.45, 2.75) is 18.7 Å². The minimum atomic E-state index is -0.197. The van der Waals surface area contributed by atoms with Crippen LogP contribution in [-0.2, 0) is 0 Å². The van der Waals surface area contributed by atoms with E-state index < -0.39 is 0 Å². The molecule has 3 heterocycles. The smallest absolute Gasteiger partial charge is 0.213 e. The average Bonchev–Trinajstić information content (AvgIpc) is 3.31. The Morgan fingerprint density at radius 1 is 1.08 bits per heavy atom. The molecule has 3 nitrogen and oxygen atoms in total. The highest BCUT2D eigenvalue weighted by Gasteiger charge is 2.41. The van der Waals surface area contributed by atoms with Crippen molar-refractivity contribution in [3.05, 3.63) is 86.5 Å². The van der Waals surface area contributed by atoms with Crippen LogP contribution < -0.4 is 4.74 Å². The number of hydrazone groups is 1. The highest BCUT2D eigenvalue weighted by Crippen LogP contribution is 2.48. The fraction of sp³-hybridized carbons (Fsp3) is 0.150. The van der Waals surface area contributed by atoms with Crippen LogP contribution in [-0.4, -0.2) is 10.7 Å². The van der Waals surface area contributed by atoms with Crippen LogP contribution in [0.1, 0.15) is 34.7 Å². The van der Waals surface area contributed by atoms with Gasteiger partial charge in [0.1, 0.15) is 5.75 Å². The summed E-state index contributed by atoms with van der Waals surface area (Å²) in [6.07, 6.45) is 0.703. The molecule has 5 heteroatoms. The number of halogens is 1. The Labute approximate surface area is 158 Å². The van der Waals surface area contributed by atoms with E-state index in [0.29, 0.717) is 0 Å². The third kappa shape index (κ3) is 2.58. The lowest BCUT2D eigenvalue weighted by Gasteiger charge is -2.38. The number of ether oxygens (including phenoxy) is 1. The van der Waals surface area contributed by atoms with Crippen LogP contribution in [0, 0.1) is 0 Å². The van der Waals surface area contributed by atoms with Gasteiger partial charge in [0.15, 0.2) is 0 Å². The molecule has 124 valence electrons. The van der Waals surface area contributed by atoms with Crippen molar-refractivity contribution < 1.29 is 4.74 Å². The standard InChI is InChI=1S/C20H15BrN2OS/c21-14-8-9-18-15(11-14)17-12-16(19-7-4-10-25-19)22-23(17)20(24-18)13-5-2-1-3-6-13/h1-11,17,20H,12H2/t17-,20-/m0/s1. The lowest BCUT2D eigenvalue weighted by molar-refractivity contribution is -0.0190. The first kappa shape index (κ1) is 15.2. The first-order valence-electron chi connectivity index (χ1n) is 8.20. The van der Waals surface area contributed by atoms with Crippen molar-refractivity contribution in [1.82, 2.24) is 5.01 Å². The molecule has 0 amide bonds. The van der Waals surface area contributed by atoms with Gasteiger partial charge in [-0.05, 0) is 29.6 Å². The molecule has 25 heavy (non-hydrogen) atoms. The van der Waals surface area contributed by atoms with Crippen LogP contribution in [0.3, 0.4) is 0 Å². The Hall–Kier alpha value is -2.11. The van der Waals surface area contributed by atoms with E-state index in [1.165, 1.54) is 10.4 Å². The van der Waals surface area contributed by atoms with Gasteiger partial charge in [0.05, 0.1) is 16.6 Å². The van der Waals surface area contributed by atoms with E-state index in [2.05, 4.69) is 62.7 Å². The minimum Gasteiger partial charge on any atom is -0.464 e. The molecule has 2 aromatic carbocycles. The zero-order valence-electron chi connectivity index (χ0n) is 13.3. The van der Waals surface area contributed by atoms with Gasteiger partial charge in [-0.25, -0.2) is 5.01 Å². The molecule has 0 saturated carbocycles. The van der Waals surface area contributed by atoms with Crippen molar-refractivity contribution in [3.63, 3.8) is 0 Å². The highest BCUT2D eigenvalue weighted by molar-refractivity contribution is 9.10. The van der Waals surface area contributed by atoms with Gasteiger partial charge >= 0.3 is 0 Å². The molecular formula is C20H15BrN2OS. The van der Waals surface area contributed by atoms with Gasteiger partial charge in [-0.15, -0.1) is 11.3 Å². The maximum Gasteiger partial charge on any atom is 0.213 e. The Bertz CT molecular complexity index is 940. The van der Waals surface area contributed by atoms with Gasteiger partial charge in [0, 0.05) is 22.0 Å². The maximum absolute atomic E-state index is 6.35. The molecule has 0 radical (unpaired) electrons. The van der Waals surface area contributed by atoms with E-state index in [0.717, 1.165) is 27.9 Å². The van der Waals surface area contributed by atoms with Gasteiger partial charge in [-0.3, -0.25) is 0 Å². The summed E-state index contributed by atoms with van der Waals surface area (Å²) in [7, 11) is 0. The first-order valence-corrected chi connectivity index (χ1v) is 9.87. The second kappa shape index (κ2) is 6.00. The summed E-state index contributed by atoms with van der Waals surface area (Å²) in [6, 6.07) is 21.0. The average molecular weight is 411 g/mol. The van der Waals surface area contributed by atoms with Gasteiger partial charge in [0.2, 0.25) is 6.23 Å². The quantitative estimate of drug-likeness (QED) is 0.536. The van der Waals surface area contributed by atoms with Crippen molar-refractivity contribution in [3.8, 4) is 5.75 Å². The first-order chi connectivity index (χ1) is 12.3. The van der Waals surface area contributed by atoms with Crippen molar-refractivity contribution in [2.75, 3.05) is 0 Å². The SMILES string of the molecule is Brc1ccc2c(c1)[C@@H]1CC(c3cccs3)=NN1[C@H](c1ccccc1)O2. The summed E-state index contributed by atoms with van der Waals surface area (Å²) in [6.45, 7) is 0. The summed E-state index contributed by atoms with van der Waals surface area (Å²) in [5.41, 5.74) is 3.45. The van der Waals surface area contributed by atoms with E-state index >= 15 is 0 Å². The van der Waals surface area contributed by atoms with Gasteiger partial charge in [0.25, 0.3) is 0 Å². The summed E-state index contributed by atoms with van der Waals surface area (Å²) in [5.74, 6) is 0.945. The predicted molar refractivity (Wildman–Crippen MR) is 104 cm³/mol. The van der Waals surface area contributed by atoms with Crippen LogP contribution >= 0.6 is 27.3 Å². The molecule has 0 spiro atoms. The zero-order chi connectivity index (χ0) is 16.8. The number of rotatable bonds is 2.